The predicted octanol–water partition coefficient (Wildman–Crippen LogP) is 12.7. The highest BCUT2D eigenvalue weighted by molar-refractivity contribution is 7.99. The van der Waals surface area contributed by atoms with E-state index in [0.29, 0.717) is 60.6 Å². The molecule has 0 fully saturated rings. The van der Waals surface area contributed by atoms with E-state index in [1.165, 1.54) is 21.2 Å². The first-order valence-electron chi connectivity index (χ1n) is 20.8. The summed E-state index contributed by atoms with van der Waals surface area (Å²) in [6.45, 7) is 13.8. The Balaban J connectivity index is 1.38. The van der Waals surface area contributed by atoms with Crippen LogP contribution in [0.3, 0.4) is 0 Å². The molecule has 0 aliphatic carbocycles. The Hall–Kier alpha value is -5.52. The molecule has 1 heterocycles. The molecule has 1 aliphatic heterocycles. The van der Waals surface area contributed by atoms with E-state index in [9.17, 15) is 0 Å². The predicted molar refractivity (Wildman–Crippen MR) is 247 cm³/mol. The maximum atomic E-state index is 6.34. The van der Waals surface area contributed by atoms with Crippen LogP contribution in [0.5, 0.6) is 23.0 Å². The van der Waals surface area contributed by atoms with E-state index < -0.39 is 0 Å². The van der Waals surface area contributed by atoms with Crippen LogP contribution in [-0.4, -0.2) is 33.0 Å². The molecule has 0 atom stereocenters. The minimum atomic E-state index is 0.540. The van der Waals surface area contributed by atoms with E-state index in [4.69, 9.17) is 18.9 Å². The lowest BCUT2D eigenvalue weighted by molar-refractivity contribution is 0.307. The van der Waals surface area contributed by atoms with E-state index in [1.54, 1.807) is 11.8 Å². The van der Waals surface area contributed by atoms with Gasteiger partial charge in [-0.1, -0.05) is 100 Å². The van der Waals surface area contributed by atoms with E-state index in [2.05, 4.69) is 130 Å². The van der Waals surface area contributed by atoms with Crippen LogP contribution in [0, 0.1) is 35.5 Å². The first-order chi connectivity index (χ1) is 28.9. The van der Waals surface area contributed by atoms with Crippen LogP contribution in [0.25, 0.3) is 0 Å². The molecule has 302 valence electrons. The molecule has 5 aromatic carbocycles. The number of nitrogens with zero attached hydrogens (tertiary/aromatic N) is 1. The van der Waals surface area contributed by atoms with Crippen LogP contribution in [0.2, 0.25) is 0 Å². The summed E-state index contributed by atoms with van der Waals surface area (Å²) in [7, 11) is 0. The molecule has 0 spiro atoms. The van der Waals surface area contributed by atoms with Gasteiger partial charge in [0.15, 0.2) is 0 Å². The summed E-state index contributed by atoms with van der Waals surface area (Å²) in [6.07, 6.45) is 5.68. The van der Waals surface area contributed by atoms with Crippen molar-refractivity contribution in [2.24, 2.45) is 0 Å². The van der Waals surface area contributed by atoms with Gasteiger partial charge in [-0.05, 0) is 86.7 Å². The average molecular weight is 820 g/mol. The molecular formula is C52H53NO4S2. The van der Waals surface area contributed by atoms with Gasteiger partial charge in [-0.3, -0.25) is 0 Å². The highest BCUT2D eigenvalue weighted by Crippen LogP contribution is 2.48. The topological polar surface area (TPSA) is 40.2 Å². The second-order valence-corrected chi connectivity index (χ2v) is 15.7. The van der Waals surface area contributed by atoms with Crippen molar-refractivity contribution < 1.29 is 18.9 Å². The first-order valence-corrected chi connectivity index (χ1v) is 22.1. The van der Waals surface area contributed by atoms with Crippen molar-refractivity contribution in [3.05, 3.63) is 124 Å². The molecule has 0 saturated heterocycles. The number of anilines is 2. The largest absolute Gasteiger partial charge is 0.492 e. The van der Waals surface area contributed by atoms with Crippen LogP contribution in [0.15, 0.2) is 106 Å². The molecule has 7 heteroatoms. The number of para-hydroxylation sites is 1. The number of rotatable bonds is 15. The van der Waals surface area contributed by atoms with Crippen molar-refractivity contribution in [3.8, 4) is 58.5 Å². The molecule has 0 bridgehead atoms. The third kappa shape index (κ3) is 11.6. The molecule has 0 N–H and O–H groups in total. The highest BCUT2D eigenvalue weighted by Gasteiger charge is 2.23. The summed E-state index contributed by atoms with van der Waals surface area (Å²) in [5, 5.41) is 0. The van der Waals surface area contributed by atoms with Gasteiger partial charge in [0.25, 0.3) is 0 Å². The highest BCUT2D eigenvalue weighted by atomic mass is 32.2. The summed E-state index contributed by atoms with van der Waals surface area (Å²) in [5.74, 6) is 22.9. The molecule has 0 unspecified atom stereocenters. The first kappa shape index (κ1) is 43.1. The number of thiol groups is 1. The molecule has 5 nitrogen and oxygen atoms in total. The van der Waals surface area contributed by atoms with Gasteiger partial charge in [0, 0.05) is 56.6 Å². The van der Waals surface area contributed by atoms with Gasteiger partial charge in [0.2, 0.25) is 0 Å². The molecule has 1 aliphatic rings. The maximum absolute atomic E-state index is 6.34. The van der Waals surface area contributed by atoms with Crippen LogP contribution >= 0.6 is 24.4 Å². The summed E-state index contributed by atoms with van der Waals surface area (Å²) in [6, 6.07) is 30.8. The Bertz CT molecular complexity index is 2410. The molecular weight excluding hydrogens is 767 g/mol. The molecule has 6 rings (SSSR count). The Morgan fingerprint density at radius 3 is 1.41 bits per heavy atom. The fraction of sp³-hybridized carbons (Fsp3) is 0.308. The third-order valence-corrected chi connectivity index (χ3v) is 10.7. The van der Waals surface area contributed by atoms with Gasteiger partial charge in [-0.25, -0.2) is 0 Å². The van der Waals surface area contributed by atoms with Crippen molar-refractivity contribution >= 4 is 35.8 Å². The minimum Gasteiger partial charge on any atom is -0.492 e. The number of benzene rings is 5. The van der Waals surface area contributed by atoms with Gasteiger partial charge in [0.1, 0.15) is 23.0 Å². The Morgan fingerprint density at radius 1 is 0.475 bits per heavy atom. The van der Waals surface area contributed by atoms with Crippen molar-refractivity contribution in [2.45, 2.75) is 87.8 Å². The molecule has 0 radical (unpaired) electrons. The number of fused-ring (bicyclic) bond motifs is 2. The van der Waals surface area contributed by atoms with E-state index in [-0.39, 0.29) is 0 Å². The van der Waals surface area contributed by atoms with E-state index in [1.807, 2.05) is 48.5 Å². The normalized spacial score (nSPS) is 11.1. The summed E-state index contributed by atoms with van der Waals surface area (Å²) < 4.78 is 25.2. The summed E-state index contributed by atoms with van der Waals surface area (Å²) >= 11 is 6.21. The Morgan fingerprint density at radius 2 is 0.915 bits per heavy atom. The zero-order chi connectivity index (χ0) is 41.4. The fourth-order valence-electron chi connectivity index (χ4n) is 6.26. The van der Waals surface area contributed by atoms with Gasteiger partial charge in [0.05, 0.1) is 60.1 Å². The molecule has 5 aromatic rings. The lowest BCUT2D eigenvalue weighted by Gasteiger charge is -2.32. The zero-order valence-electron chi connectivity index (χ0n) is 34.9. The lowest BCUT2D eigenvalue weighted by atomic mass is 10.1. The SMILES string of the molecule is CCCCN1c2ccccc2Sc2cc(C#Cc3cc(OCCC)c(C#Cc4cc(OCCC)c(C#Cc5ccc(S)cc5)cc4OCCC)cc3OCCC)ccc21. The smallest absolute Gasteiger partial charge is 0.136 e. The monoisotopic (exact) mass is 819 g/mol. The molecule has 0 amide bonds. The molecule has 0 saturated carbocycles. The van der Waals surface area contributed by atoms with Gasteiger partial charge in [-0.2, -0.15) is 0 Å². The average Bonchev–Trinajstić information content (AvgIpc) is 3.26. The van der Waals surface area contributed by atoms with Crippen molar-refractivity contribution in [2.75, 3.05) is 37.9 Å². The number of hydrogen-bond donors (Lipinski definition) is 1. The van der Waals surface area contributed by atoms with Crippen LogP contribution < -0.4 is 23.8 Å². The van der Waals surface area contributed by atoms with Crippen LogP contribution in [0.1, 0.15) is 107 Å². The van der Waals surface area contributed by atoms with E-state index >= 15 is 0 Å². The van der Waals surface area contributed by atoms with Crippen LogP contribution in [-0.2, 0) is 0 Å². The van der Waals surface area contributed by atoms with Crippen molar-refractivity contribution in [3.63, 3.8) is 0 Å². The van der Waals surface area contributed by atoms with Gasteiger partial charge >= 0.3 is 0 Å². The molecule has 59 heavy (non-hydrogen) atoms. The number of hydrogen-bond acceptors (Lipinski definition) is 7. The maximum Gasteiger partial charge on any atom is 0.136 e. The van der Waals surface area contributed by atoms with E-state index in [0.717, 1.165) is 72.2 Å². The third-order valence-electron chi connectivity index (χ3n) is 9.25. The number of ether oxygens (including phenoxy) is 4. The zero-order valence-corrected chi connectivity index (χ0v) is 36.6. The second-order valence-electron chi connectivity index (χ2n) is 14.1. The van der Waals surface area contributed by atoms with Gasteiger partial charge < -0.3 is 23.8 Å². The summed E-state index contributed by atoms with van der Waals surface area (Å²) in [5.41, 5.74) is 7.24. The second kappa shape index (κ2) is 22.0. The lowest BCUT2D eigenvalue weighted by Crippen LogP contribution is -2.21. The van der Waals surface area contributed by atoms with Gasteiger partial charge in [-0.15, -0.1) is 12.6 Å². The van der Waals surface area contributed by atoms with Crippen molar-refractivity contribution in [1.29, 1.82) is 0 Å². The standard InChI is InChI=1S/C52H53NO4S2/c1-6-11-28-53-45-14-12-13-15-51(45)59-52-33-39(20-27-46(52)53)17-22-41-35-50(57-32-10-5)43(37-48(41)55-30-8-3)24-23-42-36-47(54-29-7-2)40(34-49(42)56-31-9-4)21-16-38-18-25-44(58)26-19-38/h12-15,18-20,25-27,33-37,58H,6-11,28-32H2,1-5H3. The fourth-order valence-corrected chi connectivity index (χ4v) is 7.55. The minimum absolute atomic E-state index is 0.540. The van der Waals surface area contributed by atoms with Crippen LogP contribution in [0.4, 0.5) is 11.4 Å². The quantitative estimate of drug-likeness (QED) is 0.0838. The molecule has 0 aromatic heterocycles. The Kier molecular flexibility index (Phi) is 16.1. The Labute approximate surface area is 361 Å². The number of unbranched alkanes of at least 4 members (excludes halogenated alkanes) is 1. The van der Waals surface area contributed by atoms with Crippen molar-refractivity contribution in [1.82, 2.24) is 0 Å². The summed E-state index contributed by atoms with van der Waals surface area (Å²) in [4.78, 5) is 5.81.